The maximum Gasteiger partial charge on any atom is 0.234 e. The molecule has 4 aliphatic rings. The molecular formula is C25H28N2O6. The molecule has 8 nitrogen and oxygen atoms in total. The van der Waals surface area contributed by atoms with Gasteiger partial charge in [0.25, 0.3) is 0 Å². The van der Waals surface area contributed by atoms with Crippen LogP contribution in [0.25, 0.3) is 0 Å². The molecule has 2 saturated heterocycles. The molecule has 2 aliphatic carbocycles. The largest absolute Gasteiger partial charge is 0.504 e. The number of nitrogens with zero attached hydrogens (tertiary/aromatic N) is 2. The van der Waals surface area contributed by atoms with Gasteiger partial charge in [-0.05, 0) is 50.3 Å². The summed E-state index contributed by atoms with van der Waals surface area (Å²) in [5, 5.41) is 10.1. The van der Waals surface area contributed by atoms with Crippen molar-refractivity contribution >= 4 is 23.6 Å². The van der Waals surface area contributed by atoms with Crippen molar-refractivity contribution in [1.82, 2.24) is 9.80 Å². The van der Waals surface area contributed by atoms with E-state index in [-0.39, 0.29) is 41.0 Å². The highest BCUT2D eigenvalue weighted by molar-refractivity contribution is 6.07. The van der Waals surface area contributed by atoms with Crippen LogP contribution in [0.15, 0.2) is 29.8 Å². The van der Waals surface area contributed by atoms with E-state index >= 15 is 0 Å². The number of likely N-dealkylation sites (tertiary alicyclic amines) is 2. The fraction of sp³-hybridized carbons (Fsp3) is 0.520. The average molecular weight is 453 g/mol. The van der Waals surface area contributed by atoms with Gasteiger partial charge in [-0.25, -0.2) is 0 Å². The lowest BCUT2D eigenvalue weighted by molar-refractivity contribution is -0.141. The van der Waals surface area contributed by atoms with Gasteiger partial charge < -0.3 is 9.84 Å². The minimum Gasteiger partial charge on any atom is -0.504 e. The first-order valence-electron chi connectivity index (χ1n) is 11.6. The second-order valence-electron chi connectivity index (χ2n) is 9.30. The minimum absolute atomic E-state index is 0.0120. The molecule has 2 heterocycles. The molecule has 33 heavy (non-hydrogen) atoms. The molecule has 5 rings (SSSR count). The van der Waals surface area contributed by atoms with Gasteiger partial charge in [0.15, 0.2) is 11.5 Å². The van der Waals surface area contributed by atoms with E-state index in [1.807, 2.05) is 6.08 Å². The van der Waals surface area contributed by atoms with Crippen LogP contribution < -0.4 is 4.74 Å². The Morgan fingerprint density at radius 1 is 0.909 bits per heavy atom. The highest BCUT2D eigenvalue weighted by atomic mass is 16.5. The van der Waals surface area contributed by atoms with Gasteiger partial charge in [0.05, 0.1) is 30.8 Å². The van der Waals surface area contributed by atoms with E-state index in [0.29, 0.717) is 25.9 Å². The lowest BCUT2D eigenvalue weighted by Gasteiger charge is -2.44. The summed E-state index contributed by atoms with van der Waals surface area (Å²) < 4.78 is 5.31. The van der Waals surface area contributed by atoms with E-state index in [1.165, 1.54) is 23.0 Å². The molecule has 4 amide bonds. The van der Waals surface area contributed by atoms with Crippen molar-refractivity contribution in [3.63, 3.8) is 0 Å². The number of fused-ring (bicyclic) bond motifs is 4. The Labute approximate surface area is 192 Å². The average Bonchev–Trinajstić information content (AvgIpc) is 3.21. The van der Waals surface area contributed by atoms with Gasteiger partial charge >= 0.3 is 0 Å². The number of phenolic OH excluding ortho intramolecular Hbond substituents is 1. The summed E-state index contributed by atoms with van der Waals surface area (Å²) in [6.45, 7) is 4.21. The zero-order valence-electron chi connectivity index (χ0n) is 19.0. The van der Waals surface area contributed by atoms with Gasteiger partial charge in [-0.2, -0.15) is 0 Å². The quantitative estimate of drug-likeness (QED) is 0.554. The number of rotatable bonds is 4. The van der Waals surface area contributed by atoms with E-state index in [2.05, 4.69) is 0 Å². The Bertz CT molecular complexity index is 1090. The number of hydrogen-bond donors (Lipinski definition) is 1. The lowest BCUT2D eigenvalue weighted by Crippen LogP contribution is -2.43. The Balaban J connectivity index is 1.65. The molecule has 1 saturated carbocycles. The van der Waals surface area contributed by atoms with E-state index in [1.54, 1.807) is 26.0 Å². The van der Waals surface area contributed by atoms with Gasteiger partial charge in [-0.1, -0.05) is 17.7 Å². The van der Waals surface area contributed by atoms with Crippen LogP contribution in [-0.2, 0) is 19.2 Å². The Hall–Kier alpha value is -3.16. The number of hydrogen-bond acceptors (Lipinski definition) is 6. The van der Waals surface area contributed by atoms with Crippen molar-refractivity contribution < 1.29 is 29.0 Å². The third-order valence-corrected chi connectivity index (χ3v) is 8.03. The molecule has 2 aliphatic heterocycles. The molecule has 3 fully saturated rings. The first-order valence-corrected chi connectivity index (χ1v) is 11.6. The number of ether oxygens (including phenoxy) is 1. The summed E-state index contributed by atoms with van der Waals surface area (Å²) in [5.74, 6) is -3.16. The number of phenols is 1. The van der Waals surface area contributed by atoms with Crippen LogP contribution in [0.4, 0.5) is 0 Å². The topological polar surface area (TPSA) is 104 Å². The van der Waals surface area contributed by atoms with E-state index < -0.39 is 29.6 Å². The number of aromatic hydroxyl groups is 1. The predicted molar refractivity (Wildman–Crippen MR) is 117 cm³/mol. The first-order chi connectivity index (χ1) is 15.8. The fourth-order valence-corrected chi connectivity index (χ4v) is 6.60. The van der Waals surface area contributed by atoms with Crippen LogP contribution >= 0.6 is 0 Å². The van der Waals surface area contributed by atoms with Crippen LogP contribution in [0.2, 0.25) is 0 Å². The molecule has 0 spiro atoms. The summed E-state index contributed by atoms with van der Waals surface area (Å²) in [6, 6.07) is 4.99. The van der Waals surface area contributed by atoms with E-state index in [9.17, 15) is 24.3 Å². The number of methoxy groups -OCH3 is 1. The van der Waals surface area contributed by atoms with Crippen molar-refractivity contribution in [2.45, 2.75) is 32.6 Å². The summed E-state index contributed by atoms with van der Waals surface area (Å²) >= 11 is 0. The van der Waals surface area contributed by atoms with Gasteiger partial charge in [0.1, 0.15) is 0 Å². The number of carbonyl (C=O) groups excluding carboxylic acids is 4. The van der Waals surface area contributed by atoms with E-state index in [0.717, 1.165) is 11.1 Å². The van der Waals surface area contributed by atoms with Gasteiger partial charge in [0, 0.05) is 19.0 Å². The predicted octanol–water partition coefficient (Wildman–Crippen LogP) is 2.08. The third kappa shape index (κ3) is 2.89. The molecule has 0 bridgehead atoms. The molecule has 8 heteroatoms. The van der Waals surface area contributed by atoms with Crippen LogP contribution in [0.5, 0.6) is 11.5 Å². The Morgan fingerprint density at radius 3 is 2.18 bits per heavy atom. The van der Waals surface area contributed by atoms with Crippen LogP contribution in [-0.4, -0.2) is 58.7 Å². The van der Waals surface area contributed by atoms with Gasteiger partial charge in [-0.15, -0.1) is 0 Å². The molecule has 0 radical (unpaired) electrons. The van der Waals surface area contributed by atoms with Crippen LogP contribution in [0.1, 0.15) is 38.2 Å². The highest BCUT2D eigenvalue weighted by Gasteiger charge is 2.61. The number of amides is 4. The molecule has 174 valence electrons. The summed E-state index contributed by atoms with van der Waals surface area (Å²) in [6.07, 6.45) is 2.85. The number of allylic oxidation sites excluding steroid dienone is 2. The van der Waals surface area contributed by atoms with Crippen molar-refractivity contribution in [3.05, 3.63) is 35.4 Å². The SMILES string of the molecule is CCN1C(=O)[C@H]2[C@H](CC=C3[C@H]2C[C@H]2C(=O)N(CC)C(=O)[C@H]2[C@H]3c2ccc(O)c(OC)c2)C1=O. The molecule has 0 unspecified atom stereocenters. The second kappa shape index (κ2) is 7.71. The fourth-order valence-electron chi connectivity index (χ4n) is 6.60. The summed E-state index contributed by atoms with van der Waals surface area (Å²) in [5.41, 5.74) is 1.71. The number of benzene rings is 1. The molecule has 0 aromatic heterocycles. The number of carbonyl (C=O) groups is 4. The van der Waals surface area contributed by atoms with Gasteiger partial charge in [0.2, 0.25) is 23.6 Å². The summed E-state index contributed by atoms with van der Waals surface area (Å²) in [4.78, 5) is 55.4. The van der Waals surface area contributed by atoms with Crippen LogP contribution in [0.3, 0.4) is 0 Å². The Kier molecular flexibility index (Phi) is 5.06. The maximum atomic E-state index is 13.4. The minimum atomic E-state index is -0.569. The van der Waals surface area contributed by atoms with Crippen molar-refractivity contribution in [2.24, 2.45) is 29.6 Å². The normalized spacial score (nSPS) is 33.1. The van der Waals surface area contributed by atoms with Crippen molar-refractivity contribution in [3.8, 4) is 11.5 Å². The maximum absolute atomic E-state index is 13.4. The van der Waals surface area contributed by atoms with Crippen molar-refractivity contribution in [1.29, 1.82) is 0 Å². The van der Waals surface area contributed by atoms with Crippen molar-refractivity contribution in [2.75, 3.05) is 20.2 Å². The monoisotopic (exact) mass is 452 g/mol. The lowest BCUT2D eigenvalue weighted by atomic mass is 9.57. The molecule has 1 aromatic rings. The van der Waals surface area contributed by atoms with Gasteiger partial charge in [-0.3, -0.25) is 29.0 Å². The molecule has 6 atom stereocenters. The Morgan fingerprint density at radius 2 is 1.55 bits per heavy atom. The zero-order valence-corrected chi connectivity index (χ0v) is 19.0. The zero-order chi connectivity index (χ0) is 23.6. The standard InChI is InChI=1S/C25H28N2O6/c1-4-26-22(29)14-8-7-13-15(20(14)24(26)31)11-16-21(25(32)27(5-2)23(16)30)19(13)12-6-9-17(28)18(10-12)33-3/h6-7,9-10,14-16,19-21,28H,4-5,8,11H2,1-3H3/t14-,15+,16+,19-,20-,21+/m0/s1. The molecule has 1 aromatic carbocycles. The third-order valence-electron chi connectivity index (χ3n) is 8.03. The highest BCUT2D eigenvalue weighted by Crippen LogP contribution is 2.58. The molecular weight excluding hydrogens is 424 g/mol. The summed E-state index contributed by atoms with van der Waals surface area (Å²) in [7, 11) is 1.46. The number of imide groups is 2. The van der Waals surface area contributed by atoms with E-state index in [4.69, 9.17) is 4.74 Å². The molecule has 1 N–H and O–H groups in total. The van der Waals surface area contributed by atoms with Crippen LogP contribution in [0, 0.1) is 29.6 Å². The second-order valence-corrected chi connectivity index (χ2v) is 9.30. The smallest absolute Gasteiger partial charge is 0.234 e. The first kappa shape index (κ1) is 21.7.